The molecule has 1 aromatic heterocycles. The second kappa shape index (κ2) is 6.40. The number of H-pyrrole nitrogens is 1. The van der Waals surface area contributed by atoms with E-state index in [4.69, 9.17) is 17.3 Å². The molecule has 0 fully saturated rings. The minimum atomic E-state index is -0.546. The van der Waals surface area contributed by atoms with Crippen LogP contribution in [-0.2, 0) is 4.79 Å². The third kappa shape index (κ3) is 3.72. The van der Waals surface area contributed by atoms with E-state index in [2.05, 4.69) is 20.5 Å². The molecule has 7 nitrogen and oxygen atoms in total. The molecule has 2 aromatic rings. The monoisotopic (exact) mass is 311 g/mol. The van der Waals surface area contributed by atoms with Crippen LogP contribution in [0.5, 0.6) is 0 Å². The molecule has 2 rings (SSSR count). The number of aromatic nitrogens is 3. The molecule has 0 aliphatic rings. The van der Waals surface area contributed by atoms with E-state index < -0.39 is 11.8 Å². The summed E-state index contributed by atoms with van der Waals surface area (Å²) in [4.78, 5) is 27.3. The van der Waals surface area contributed by atoms with Crippen LogP contribution < -0.4 is 11.1 Å². The Hall–Kier alpha value is -2.06. The third-order valence-electron chi connectivity index (χ3n) is 2.19. The van der Waals surface area contributed by atoms with Gasteiger partial charge >= 0.3 is 0 Å². The topological polar surface area (TPSA) is 114 Å². The second-order valence-corrected chi connectivity index (χ2v) is 5.00. The van der Waals surface area contributed by atoms with Gasteiger partial charge in [0.2, 0.25) is 17.0 Å². The van der Waals surface area contributed by atoms with E-state index in [1.165, 1.54) is 6.07 Å². The fourth-order valence-corrected chi connectivity index (χ4v) is 2.16. The van der Waals surface area contributed by atoms with Crippen LogP contribution in [0.4, 0.5) is 5.95 Å². The van der Waals surface area contributed by atoms with Gasteiger partial charge in [0.15, 0.2) is 0 Å². The first-order valence-electron chi connectivity index (χ1n) is 5.45. The fourth-order valence-electron chi connectivity index (χ4n) is 1.33. The zero-order valence-corrected chi connectivity index (χ0v) is 11.7. The van der Waals surface area contributed by atoms with Gasteiger partial charge in [-0.15, -0.1) is 5.10 Å². The molecule has 1 aromatic carbocycles. The zero-order valence-electron chi connectivity index (χ0n) is 10.1. The van der Waals surface area contributed by atoms with Gasteiger partial charge in [-0.1, -0.05) is 35.5 Å². The summed E-state index contributed by atoms with van der Waals surface area (Å²) in [6.45, 7) is 0. The van der Waals surface area contributed by atoms with Gasteiger partial charge in [-0.25, -0.2) is 5.10 Å². The lowest BCUT2D eigenvalue weighted by Crippen LogP contribution is -2.32. The lowest BCUT2D eigenvalue weighted by molar-refractivity contribution is -0.117. The number of benzene rings is 1. The van der Waals surface area contributed by atoms with Crippen molar-refractivity contribution >= 4 is 41.1 Å². The molecule has 104 valence electrons. The average Bonchev–Trinajstić information content (AvgIpc) is 2.82. The van der Waals surface area contributed by atoms with E-state index in [0.717, 1.165) is 11.8 Å². The Morgan fingerprint density at radius 3 is 2.80 bits per heavy atom. The van der Waals surface area contributed by atoms with Crippen molar-refractivity contribution in [3.05, 3.63) is 34.9 Å². The molecule has 0 aliphatic heterocycles. The molecular formula is C11H10ClN5O2S. The second-order valence-electron chi connectivity index (χ2n) is 3.65. The summed E-state index contributed by atoms with van der Waals surface area (Å²) in [6.07, 6.45) is 0. The molecular weight excluding hydrogens is 302 g/mol. The van der Waals surface area contributed by atoms with Gasteiger partial charge in [0.1, 0.15) is 0 Å². The van der Waals surface area contributed by atoms with Crippen molar-refractivity contribution in [3.63, 3.8) is 0 Å². The van der Waals surface area contributed by atoms with Gasteiger partial charge in [-0.2, -0.15) is 4.98 Å². The summed E-state index contributed by atoms with van der Waals surface area (Å²) >= 11 is 6.92. The Kier molecular flexibility index (Phi) is 4.59. The molecule has 0 unspecified atom stereocenters. The van der Waals surface area contributed by atoms with Gasteiger partial charge in [0.05, 0.1) is 16.3 Å². The average molecular weight is 312 g/mol. The molecule has 9 heteroatoms. The number of nitrogens with zero attached hydrogens (tertiary/aromatic N) is 2. The molecule has 0 saturated carbocycles. The van der Waals surface area contributed by atoms with Crippen LogP contribution in [0, 0.1) is 0 Å². The SMILES string of the molecule is Nc1nc(SCC(=O)NC(=O)c2ccccc2Cl)n[nH]1. The summed E-state index contributed by atoms with van der Waals surface area (Å²) in [7, 11) is 0. The van der Waals surface area contributed by atoms with Crippen molar-refractivity contribution in [1.29, 1.82) is 0 Å². The Morgan fingerprint density at radius 2 is 2.15 bits per heavy atom. The number of carbonyl (C=O) groups excluding carboxylic acids is 2. The smallest absolute Gasteiger partial charge is 0.259 e. The molecule has 0 bridgehead atoms. The van der Waals surface area contributed by atoms with E-state index in [1.54, 1.807) is 18.2 Å². The number of hydrogen-bond donors (Lipinski definition) is 3. The van der Waals surface area contributed by atoms with Gasteiger partial charge < -0.3 is 5.73 Å². The molecule has 0 atom stereocenters. The summed E-state index contributed by atoms with van der Waals surface area (Å²) in [5.74, 6) is -0.855. The standard InChI is InChI=1S/C11H10ClN5O2S/c12-7-4-2-1-3-6(7)9(19)14-8(18)5-20-11-15-10(13)16-17-11/h1-4H,5H2,(H,14,18,19)(H3,13,15,16,17). The number of carbonyl (C=O) groups is 2. The molecule has 2 amide bonds. The summed E-state index contributed by atoms with van der Waals surface area (Å²) < 4.78 is 0. The zero-order chi connectivity index (χ0) is 14.5. The minimum Gasteiger partial charge on any atom is -0.368 e. The number of imide groups is 1. The quantitative estimate of drug-likeness (QED) is 0.728. The number of nitrogens with two attached hydrogens (primary N) is 1. The first-order valence-corrected chi connectivity index (χ1v) is 6.82. The van der Waals surface area contributed by atoms with Crippen LogP contribution in [0.2, 0.25) is 5.02 Å². The number of amides is 2. The van der Waals surface area contributed by atoms with Gasteiger partial charge in [0, 0.05) is 0 Å². The summed E-state index contributed by atoms with van der Waals surface area (Å²) in [6, 6.07) is 6.47. The molecule has 4 N–H and O–H groups in total. The molecule has 20 heavy (non-hydrogen) atoms. The van der Waals surface area contributed by atoms with Crippen LogP contribution in [0.25, 0.3) is 0 Å². The summed E-state index contributed by atoms with van der Waals surface area (Å²) in [5, 5.41) is 9.06. The van der Waals surface area contributed by atoms with Crippen molar-refractivity contribution < 1.29 is 9.59 Å². The fraction of sp³-hybridized carbons (Fsp3) is 0.0909. The third-order valence-corrected chi connectivity index (χ3v) is 3.36. The van der Waals surface area contributed by atoms with E-state index in [9.17, 15) is 9.59 Å². The number of nitrogens with one attached hydrogen (secondary N) is 2. The number of nitrogen functional groups attached to an aromatic ring is 1. The minimum absolute atomic E-state index is 0.00646. The Bertz CT molecular complexity index is 645. The van der Waals surface area contributed by atoms with Crippen molar-refractivity contribution in [3.8, 4) is 0 Å². The lowest BCUT2D eigenvalue weighted by Gasteiger charge is -2.04. The maximum Gasteiger partial charge on any atom is 0.259 e. The number of aromatic amines is 1. The van der Waals surface area contributed by atoms with Crippen LogP contribution in [0.3, 0.4) is 0 Å². The van der Waals surface area contributed by atoms with Crippen LogP contribution in [0.15, 0.2) is 29.4 Å². The molecule has 0 radical (unpaired) electrons. The van der Waals surface area contributed by atoms with Gasteiger partial charge in [-0.05, 0) is 12.1 Å². The van der Waals surface area contributed by atoms with Gasteiger partial charge in [-0.3, -0.25) is 14.9 Å². The largest absolute Gasteiger partial charge is 0.368 e. The first-order chi connectivity index (χ1) is 9.56. The highest BCUT2D eigenvalue weighted by molar-refractivity contribution is 7.99. The normalized spacial score (nSPS) is 10.2. The number of hydrogen-bond acceptors (Lipinski definition) is 6. The summed E-state index contributed by atoms with van der Waals surface area (Å²) in [5.41, 5.74) is 5.59. The number of thioether (sulfide) groups is 1. The Morgan fingerprint density at radius 1 is 1.40 bits per heavy atom. The van der Waals surface area contributed by atoms with Crippen LogP contribution in [-0.4, -0.2) is 32.7 Å². The molecule has 0 saturated heterocycles. The number of halogens is 1. The Balaban J connectivity index is 1.88. The van der Waals surface area contributed by atoms with Crippen LogP contribution in [0.1, 0.15) is 10.4 Å². The predicted molar refractivity (Wildman–Crippen MR) is 75.4 cm³/mol. The van der Waals surface area contributed by atoms with E-state index >= 15 is 0 Å². The molecule has 0 aliphatic carbocycles. The highest BCUT2D eigenvalue weighted by atomic mass is 35.5. The predicted octanol–water partition coefficient (Wildman–Crippen LogP) is 1.09. The van der Waals surface area contributed by atoms with E-state index in [0.29, 0.717) is 5.16 Å². The molecule has 0 spiro atoms. The van der Waals surface area contributed by atoms with Crippen molar-refractivity contribution in [1.82, 2.24) is 20.5 Å². The van der Waals surface area contributed by atoms with E-state index in [-0.39, 0.29) is 22.3 Å². The molecule has 1 heterocycles. The lowest BCUT2D eigenvalue weighted by atomic mass is 10.2. The van der Waals surface area contributed by atoms with Crippen LogP contribution >= 0.6 is 23.4 Å². The maximum absolute atomic E-state index is 11.8. The Labute approximate surface area is 123 Å². The van der Waals surface area contributed by atoms with Gasteiger partial charge in [0.25, 0.3) is 5.91 Å². The number of anilines is 1. The first kappa shape index (κ1) is 14.4. The number of rotatable bonds is 4. The maximum atomic E-state index is 11.8. The van der Waals surface area contributed by atoms with E-state index in [1.807, 2.05) is 0 Å². The van der Waals surface area contributed by atoms with Crippen molar-refractivity contribution in [2.45, 2.75) is 5.16 Å². The van der Waals surface area contributed by atoms with Crippen molar-refractivity contribution in [2.24, 2.45) is 0 Å². The highest BCUT2D eigenvalue weighted by Gasteiger charge is 2.14. The highest BCUT2D eigenvalue weighted by Crippen LogP contribution is 2.15. The van der Waals surface area contributed by atoms with Crippen molar-refractivity contribution in [2.75, 3.05) is 11.5 Å².